The molecule has 4 nitrogen and oxygen atoms in total. The molecule has 0 spiro atoms. The molecule has 0 aliphatic carbocycles. The van der Waals surface area contributed by atoms with E-state index < -0.39 is 11.1 Å². The van der Waals surface area contributed by atoms with Gasteiger partial charge in [-0.15, -0.1) is 11.8 Å². The molecule has 1 rings (SSSR count). The summed E-state index contributed by atoms with van der Waals surface area (Å²) in [5.41, 5.74) is 0.0705. The molecule has 0 saturated heterocycles. The van der Waals surface area contributed by atoms with Crippen molar-refractivity contribution in [3.63, 3.8) is 0 Å². The molecule has 0 radical (unpaired) electrons. The summed E-state index contributed by atoms with van der Waals surface area (Å²) in [5, 5.41) is 2.33. The topological polar surface area (TPSA) is 55.4 Å². The van der Waals surface area contributed by atoms with Gasteiger partial charge in [0.15, 0.2) is 0 Å². The number of hydrogen-bond donors (Lipinski definition) is 1. The fourth-order valence-electron chi connectivity index (χ4n) is 2.14. The van der Waals surface area contributed by atoms with Crippen LogP contribution in [0.25, 0.3) is 0 Å². The molecule has 146 valence electrons. The first-order valence-electron chi connectivity index (χ1n) is 8.90. The van der Waals surface area contributed by atoms with Crippen LogP contribution >= 0.6 is 23.4 Å². The van der Waals surface area contributed by atoms with Crippen molar-refractivity contribution in [3.8, 4) is 0 Å². The highest BCUT2D eigenvalue weighted by molar-refractivity contribution is 8.00. The number of esters is 1. The highest BCUT2D eigenvalue weighted by atomic mass is 35.5. The Hall–Kier alpha value is -1.27. The molecule has 1 aromatic rings. The van der Waals surface area contributed by atoms with Gasteiger partial charge in [0.2, 0.25) is 5.91 Å². The summed E-state index contributed by atoms with van der Waals surface area (Å²) in [6.45, 7) is 8.15. The van der Waals surface area contributed by atoms with Crippen molar-refractivity contribution >= 4 is 40.9 Å². The van der Waals surface area contributed by atoms with E-state index in [1.807, 2.05) is 27.7 Å². The monoisotopic (exact) mass is 403 g/mol. The fourth-order valence-corrected chi connectivity index (χ4v) is 3.60. The van der Waals surface area contributed by atoms with E-state index in [0.717, 1.165) is 12.5 Å². The third-order valence-corrected chi connectivity index (χ3v) is 5.14. The van der Waals surface area contributed by atoms with Crippen molar-refractivity contribution in [2.75, 3.05) is 11.9 Å². The van der Waals surface area contributed by atoms with Gasteiger partial charge in [-0.2, -0.15) is 0 Å². The average molecular weight is 404 g/mol. The minimum Gasteiger partial charge on any atom is -0.465 e. The predicted molar refractivity (Wildman–Crippen MR) is 105 cm³/mol. The maximum Gasteiger partial charge on any atom is 0.319 e. The third-order valence-electron chi connectivity index (χ3n) is 3.41. The molecule has 0 aliphatic heterocycles. The van der Waals surface area contributed by atoms with Gasteiger partial charge in [0.1, 0.15) is 11.1 Å². The van der Waals surface area contributed by atoms with E-state index in [2.05, 4.69) is 5.32 Å². The van der Waals surface area contributed by atoms with E-state index in [-0.39, 0.29) is 28.5 Å². The summed E-state index contributed by atoms with van der Waals surface area (Å²) in [6.07, 6.45) is 2.40. The summed E-state index contributed by atoms with van der Waals surface area (Å²) in [7, 11) is 0. The first-order valence-corrected chi connectivity index (χ1v) is 10.2. The second kappa shape index (κ2) is 11.4. The third kappa shape index (κ3) is 7.54. The Morgan fingerprint density at radius 2 is 1.96 bits per heavy atom. The number of carbonyl (C=O) groups excluding carboxylic acids is 2. The van der Waals surface area contributed by atoms with Crippen LogP contribution in [0.1, 0.15) is 53.4 Å². The van der Waals surface area contributed by atoms with Crippen LogP contribution in [0.3, 0.4) is 0 Å². The van der Waals surface area contributed by atoms with Gasteiger partial charge in [-0.1, -0.05) is 45.7 Å². The normalized spacial score (nSPS) is 12.1. The smallest absolute Gasteiger partial charge is 0.319 e. The minimum absolute atomic E-state index is 0.0705. The molecule has 0 aromatic heterocycles. The number of hydrogen-bond acceptors (Lipinski definition) is 4. The lowest BCUT2D eigenvalue weighted by Gasteiger charge is -2.17. The Balaban J connectivity index is 2.96. The zero-order valence-electron chi connectivity index (χ0n) is 15.7. The quantitative estimate of drug-likeness (QED) is 0.403. The van der Waals surface area contributed by atoms with Crippen LogP contribution in [0, 0.1) is 11.7 Å². The predicted octanol–water partition coefficient (Wildman–Crippen LogP) is 5.68. The van der Waals surface area contributed by atoms with E-state index in [9.17, 15) is 14.0 Å². The van der Waals surface area contributed by atoms with Crippen molar-refractivity contribution in [1.82, 2.24) is 0 Å². The largest absolute Gasteiger partial charge is 0.465 e. The van der Waals surface area contributed by atoms with Gasteiger partial charge in [0.25, 0.3) is 0 Å². The summed E-state index contributed by atoms with van der Waals surface area (Å²) >= 11 is 7.39. The molecule has 0 bridgehead atoms. The molecule has 1 aromatic carbocycles. The number of ether oxygens (including phenoxy) is 1. The maximum atomic E-state index is 14.1. The Morgan fingerprint density at radius 3 is 2.54 bits per heavy atom. The summed E-state index contributed by atoms with van der Waals surface area (Å²) in [6, 6.07) is 2.64. The lowest BCUT2D eigenvalue weighted by atomic mass is 10.2. The summed E-state index contributed by atoms with van der Waals surface area (Å²) in [5.74, 6) is -0.909. The highest BCUT2D eigenvalue weighted by Crippen LogP contribution is 2.36. The molecule has 1 atom stereocenters. The fraction of sp³-hybridized carbons (Fsp3) is 0.579. The summed E-state index contributed by atoms with van der Waals surface area (Å²) < 4.78 is 19.4. The van der Waals surface area contributed by atoms with Gasteiger partial charge < -0.3 is 10.1 Å². The highest BCUT2D eigenvalue weighted by Gasteiger charge is 2.23. The molecule has 0 fully saturated rings. The second-order valence-corrected chi connectivity index (χ2v) is 8.13. The van der Waals surface area contributed by atoms with Crippen LogP contribution in [-0.2, 0) is 14.3 Å². The number of benzene rings is 1. The van der Waals surface area contributed by atoms with E-state index in [0.29, 0.717) is 30.8 Å². The van der Waals surface area contributed by atoms with Crippen LogP contribution in [0.2, 0.25) is 5.02 Å². The number of halogens is 2. The maximum absolute atomic E-state index is 14.1. The molecule has 0 saturated carbocycles. The van der Waals surface area contributed by atoms with Gasteiger partial charge in [-0.05, 0) is 30.9 Å². The van der Waals surface area contributed by atoms with Crippen LogP contribution in [0.15, 0.2) is 17.0 Å². The number of amides is 1. The Morgan fingerprint density at radius 1 is 1.27 bits per heavy atom. The van der Waals surface area contributed by atoms with Crippen molar-refractivity contribution in [2.45, 2.75) is 63.5 Å². The Labute approximate surface area is 164 Å². The molecule has 1 amide bonds. The first kappa shape index (κ1) is 22.8. The van der Waals surface area contributed by atoms with E-state index in [1.54, 1.807) is 0 Å². The number of thioether (sulfide) groups is 1. The molecule has 26 heavy (non-hydrogen) atoms. The van der Waals surface area contributed by atoms with Crippen LogP contribution in [0.4, 0.5) is 10.1 Å². The van der Waals surface area contributed by atoms with Crippen LogP contribution < -0.4 is 5.32 Å². The van der Waals surface area contributed by atoms with Gasteiger partial charge >= 0.3 is 5.97 Å². The molecular formula is C19H27ClFNO3S. The average Bonchev–Trinajstić information content (AvgIpc) is 2.56. The van der Waals surface area contributed by atoms with Gasteiger partial charge in [0.05, 0.1) is 17.3 Å². The van der Waals surface area contributed by atoms with Gasteiger partial charge in [0, 0.05) is 11.3 Å². The Kier molecular flexibility index (Phi) is 10.0. The molecule has 0 aliphatic rings. The van der Waals surface area contributed by atoms with Crippen LogP contribution in [0.5, 0.6) is 0 Å². The van der Waals surface area contributed by atoms with Crippen molar-refractivity contribution in [3.05, 3.63) is 23.0 Å². The Bertz CT molecular complexity index is 625. The molecule has 0 heterocycles. The minimum atomic E-state index is -0.599. The first-order chi connectivity index (χ1) is 12.3. The molecule has 1 N–H and O–H groups in total. The zero-order chi connectivity index (χ0) is 19.7. The van der Waals surface area contributed by atoms with Crippen molar-refractivity contribution < 1.29 is 18.7 Å². The standard InChI is InChI=1S/C19H27ClFNO3S/c1-5-7-16(19(24)25-11-12(3)4)26-17-10-15(14(21)9-13(17)20)22-18(23)8-6-2/h9-10,12,16H,5-8,11H2,1-4H3,(H,22,23). The van der Waals surface area contributed by atoms with Gasteiger partial charge in [-0.25, -0.2) is 4.39 Å². The van der Waals surface area contributed by atoms with E-state index in [1.165, 1.54) is 17.8 Å². The molecule has 7 heteroatoms. The van der Waals surface area contributed by atoms with Crippen molar-refractivity contribution in [1.29, 1.82) is 0 Å². The number of nitrogens with one attached hydrogen (secondary N) is 1. The van der Waals surface area contributed by atoms with E-state index in [4.69, 9.17) is 16.3 Å². The number of rotatable bonds is 10. The number of anilines is 1. The van der Waals surface area contributed by atoms with Gasteiger partial charge in [-0.3, -0.25) is 9.59 Å². The van der Waals surface area contributed by atoms with Crippen LogP contribution in [-0.4, -0.2) is 23.7 Å². The lowest BCUT2D eigenvalue weighted by Crippen LogP contribution is -2.22. The molecule has 1 unspecified atom stereocenters. The summed E-state index contributed by atoms with van der Waals surface area (Å²) in [4.78, 5) is 24.6. The second-order valence-electron chi connectivity index (χ2n) is 6.48. The number of carbonyl (C=O) groups is 2. The lowest BCUT2D eigenvalue weighted by molar-refractivity contribution is -0.144. The van der Waals surface area contributed by atoms with E-state index >= 15 is 0 Å². The zero-order valence-corrected chi connectivity index (χ0v) is 17.3. The molecular weight excluding hydrogens is 377 g/mol. The SMILES string of the molecule is CCCC(=O)Nc1cc(SC(CCC)C(=O)OCC(C)C)c(Cl)cc1F. The van der Waals surface area contributed by atoms with Crippen molar-refractivity contribution in [2.24, 2.45) is 5.92 Å².